The summed E-state index contributed by atoms with van der Waals surface area (Å²) in [6.07, 6.45) is 18.4. The summed E-state index contributed by atoms with van der Waals surface area (Å²) in [6, 6.07) is 16.1. The number of hydrogen-bond donors (Lipinski definition) is 4. The number of rotatable bonds is 34. The summed E-state index contributed by atoms with van der Waals surface area (Å²) in [6.45, 7) is 6.01. The van der Waals surface area contributed by atoms with Gasteiger partial charge >= 0.3 is 11.9 Å². The zero-order valence-corrected chi connectivity index (χ0v) is 38.7. The smallest absolute Gasteiger partial charge is 0.306 e. The fraction of sp³-hybridized carbons (Fsp3) is 0.712. The highest BCUT2D eigenvalue weighted by molar-refractivity contribution is 5.78. The molecule has 1 saturated heterocycles. The van der Waals surface area contributed by atoms with E-state index in [0.29, 0.717) is 19.3 Å². The van der Waals surface area contributed by atoms with Gasteiger partial charge in [0, 0.05) is 12.8 Å². The number of aliphatic hydroxyl groups is 3. The number of hydrogen-bond acceptors (Lipinski definition) is 9. The molecular formula is C52H83NO9. The van der Waals surface area contributed by atoms with Crippen LogP contribution in [0.3, 0.4) is 0 Å². The largest absolute Gasteiger partial charge is 0.462 e. The molecule has 1 aliphatic heterocycles. The van der Waals surface area contributed by atoms with Crippen molar-refractivity contribution in [2.75, 3.05) is 6.61 Å². The van der Waals surface area contributed by atoms with Gasteiger partial charge < -0.3 is 34.8 Å². The Kier molecular flexibility index (Phi) is 27.7. The first-order valence-electron chi connectivity index (χ1n) is 24.6. The van der Waals surface area contributed by atoms with Gasteiger partial charge in [0.2, 0.25) is 5.91 Å². The Balaban J connectivity index is 1.53. The van der Waals surface area contributed by atoms with Crippen LogP contribution in [0.5, 0.6) is 0 Å². The molecule has 0 saturated carbocycles. The molecule has 350 valence electrons. The normalized spacial score (nSPS) is 19.2. The zero-order chi connectivity index (χ0) is 44.8. The molecule has 6 atom stereocenters. The first-order valence-corrected chi connectivity index (χ1v) is 24.6. The van der Waals surface area contributed by atoms with Gasteiger partial charge in [0.05, 0.1) is 13.0 Å². The first kappa shape index (κ1) is 53.0. The Morgan fingerprint density at radius 2 is 1.02 bits per heavy atom. The predicted molar refractivity (Wildman–Crippen MR) is 247 cm³/mol. The van der Waals surface area contributed by atoms with Crippen LogP contribution in [0.4, 0.5) is 0 Å². The highest BCUT2D eigenvalue weighted by Crippen LogP contribution is 2.25. The molecule has 0 spiro atoms. The number of benzene rings is 2. The molecule has 1 amide bonds. The summed E-state index contributed by atoms with van der Waals surface area (Å²) in [5, 5.41) is 34.6. The Morgan fingerprint density at radius 3 is 1.48 bits per heavy atom. The van der Waals surface area contributed by atoms with Gasteiger partial charge in [-0.05, 0) is 99.3 Å². The number of aliphatic hydroxyl groups excluding tert-OH is 3. The summed E-state index contributed by atoms with van der Waals surface area (Å²) in [7, 11) is 0. The van der Waals surface area contributed by atoms with Crippen molar-refractivity contribution >= 4 is 17.8 Å². The second-order valence-electron chi connectivity index (χ2n) is 17.7. The Labute approximate surface area is 374 Å². The van der Waals surface area contributed by atoms with Crippen molar-refractivity contribution in [3.63, 3.8) is 0 Å². The molecule has 10 heteroatoms. The van der Waals surface area contributed by atoms with Crippen LogP contribution in [0, 0.1) is 0 Å². The lowest BCUT2D eigenvalue weighted by Crippen LogP contribution is -2.65. The second-order valence-corrected chi connectivity index (χ2v) is 17.7. The third-order valence-corrected chi connectivity index (χ3v) is 12.2. The van der Waals surface area contributed by atoms with Gasteiger partial charge in [0.1, 0.15) is 24.4 Å². The Bertz CT molecular complexity index is 1480. The van der Waals surface area contributed by atoms with E-state index in [9.17, 15) is 29.7 Å². The average molecular weight is 866 g/mol. The van der Waals surface area contributed by atoms with E-state index in [-0.39, 0.29) is 25.2 Å². The number of ether oxygens (including phenoxy) is 3. The van der Waals surface area contributed by atoms with E-state index < -0.39 is 55.2 Å². The van der Waals surface area contributed by atoms with Crippen molar-refractivity contribution in [1.29, 1.82) is 0 Å². The highest BCUT2D eigenvalue weighted by Gasteiger charge is 2.47. The third kappa shape index (κ3) is 21.9. The molecule has 1 fully saturated rings. The minimum atomic E-state index is -1.65. The van der Waals surface area contributed by atoms with Crippen molar-refractivity contribution in [3.8, 4) is 0 Å². The molecule has 4 N–H and O–H groups in total. The van der Waals surface area contributed by atoms with E-state index in [4.69, 9.17) is 14.2 Å². The molecule has 3 rings (SSSR count). The number of carbonyl (C=O) groups is 3. The number of aryl methyl sites for hydroxylation is 4. The number of nitrogens with one attached hydrogen (secondary N) is 1. The van der Waals surface area contributed by atoms with Crippen LogP contribution < -0.4 is 5.32 Å². The van der Waals surface area contributed by atoms with Gasteiger partial charge in [-0.25, -0.2) is 0 Å². The molecule has 1 aliphatic rings. The van der Waals surface area contributed by atoms with Crippen molar-refractivity contribution in [1.82, 2.24) is 5.32 Å². The first-order chi connectivity index (χ1) is 30.2. The Hall–Kier alpha value is -3.31. The molecule has 0 unspecified atom stereocenters. The van der Waals surface area contributed by atoms with Crippen LogP contribution in [0.25, 0.3) is 0 Å². The number of esters is 2. The second kappa shape index (κ2) is 32.4. The molecule has 0 aromatic heterocycles. The molecule has 1 heterocycles. The van der Waals surface area contributed by atoms with Gasteiger partial charge in [-0.3, -0.25) is 14.4 Å². The van der Waals surface area contributed by atoms with Crippen LogP contribution in [-0.2, 0) is 54.3 Å². The van der Waals surface area contributed by atoms with Crippen LogP contribution in [0.15, 0.2) is 48.5 Å². The molecule has 0 bridgehead atoms. The SMILES string of the molecule is CCCCCCCCCCC[C@@H](CC(=O)N[C@@H]1[C@@H](OC(=O)CCCCc2ccc(CCCCC)cc2)[C@H](O)[C@@H](CO)O[C@H]1O)OC(=O)CCCCc1ccc(CCCCC)cc1. The minimum absolute atomic E-state index is 0.0852. The van der Waals surface area contributed by atoms with E-state index in [2.05, 4.69) is 74.6 Å². The van der Waals surface area contributed by atoms with Crippen molar-refractivity contribution in [2.45, 2.75) is 231 Å². The average Bonchev–Trinajstić information content (AvgIpc) is 3.26. The maximum Gasteiger partial charge on any atom is 0.306 e. The van der Waals surface area contributed by atoms with Gasteiger partial charge in [-0.2, -0.15) is 0 Å². The lowest BCUT2D eigenvalue weighted by molar-refractivity contribution is -0.259. The van der Waals surface area contributed by atoms with E-state index in [1.165, 1.54) is 92.9 Å². The molecule has 0 radical (unpaired) electrons. The summed E-state index contributed by atoms with van der Waals surface area (Å²) in [5.41, 5.74) is 5.14. The van der Waals surface area contributed by atoms with Crippen molar-refractivity contribution < 1.29 is 43.9 Å². The molecule has 62 heavy (non-hydrogen) atoms. The van der Waals surface area contributed by atoms with Gasteiger partial charge in [0.15, 0.2) is 12.4 Å². The molecule has 0 aliphatic carbocycles. The van der Waals surface area contributed by atoms with Gasteiger partial charge in [0.25, 0.3) is 0 Å². The minimum Gasteiger partial charge on any atom is -0.462 e. The summed E-state index contributed by atoms with van der Waals surface area (Å²) >= 11 is 0. The fourth-order valence-electron chi connectivity index (χ4n) is 8.27. The topological polar surface area (TPSA) is 152 Å². The van der Waals surface area contributed by atoms with Crippen LogP contribution in [0.1, 0.15) is 191 Å². The quantitative estimate of drug-likeness (QED) is 0.0398. The van der Waals surface area contributed by atoms with Crippen LogP contribution >= 0.6 is 0 Å². The third-order valence-electron chi connectivity index (χ3n) is 12.2. The fourth-order valence-corrected chi connectivity index (χ4v) is 8.27. The number of unbranched alkanes of at least 4 members (excludes halogenated alkanes) is 14. The molecule has 2 aromatic carbocycles. The maximum absolute atomic E-state index is 13.6. The maximum atomic E-state index is 13.6. The lowest BCUT2D eigenvalue weighted by Gasteiger charge is -2.42. The zero-order valence-electron chi connectivity index (χ0n) is 38.7. The van der Waals surface area contributed by atoms with E-state index in [1.54, 1.807) is 0 Å². The van der Waals surface area contributed by atoms with E-state index in [0.717, 1.165) is 64.2 Å². The van der Waals surface area contributed by atoms with Crippen LogP contribution in [-0.4, -0.2) is 76.5 Å². The molecule has 2 aromatic rings. The summed E-state index contributed by atoms with van der Waals surface area (Å²) in [4.78, 5) is 39.8. The number of amides is 1. The highest BCUT2D eigenvalue weighted by atomic mass is 16.6. The van der Waals surface area contributed by atoms with E-state index >= 15 is 0 Å². The Morgan fingerprint density at radius 1 is 0.597 bits per heavy atom. The van der Waals surface area contributed by atoms with Crippen LogP contribution in [0.2, 0.25) is 0 Å². The van der Waals surface area contributed by atoms with Crippen molar-refractivity contribution in [3.05, 3.63) is 70.8 Å². The molecular weight excluding hydrogens is 783 g/mol. The lowest BCUT2D eigenvalue weighted by atomic mass is 9.96. The standard InChI is InChI=1S/C52H83NO9/c1-4-7-10-11-12-13-14-15-18-27-44(60-47(56)28-21-19-25-42-34-30-40(31-35-42)23-16-8-5-2)38-46(55)53-49-51(50(58)45(39-54)61-52(49)59)62-48(57)29-22-20-26-43-36-32-41(33-37-43)24-17-9-6-3/h30-37,44-45,49-52,54,58-59H,4-29,38-39H2,1-3H3,(H,53,55)/t44-,45+,49+,50+,51+,52+/m0/s1. The predicted octanol–water partition coefficient (Wildman–Crippen LogP) is 9.97. The van der Waals surface area contributed by atoms with Crippen molar-refractivity contribution in [2.24, 2.45) is 0 Å². The summed E-state index contributed by atoms with van der Waals surface area (Å²) in [5.74, 6) is -1.46. The van der Waals surface area contributed by atoms with Gasteiger partial charge in [-0.1, -0.05) is 146 Å². The number of carbonyl (C=O) groups excluding carboxylic acids is 3. The molecule has 10 nitrogen and oxygen atoms in total. The van der Waals surface area contributed by atoms with E-state index in [1.807, 2.05) is 0 Å². The van der Waals surface area contributed by atoms with Gasteiger partial charge in [-0.15, -0.1) is 0 Å². The monoisotopic (exact) mass is 866 g/mol. The summed E-state index contributed by atoms with van der Waals surface area (Å²) < 4.78 is 17.1.